The van der Waals surface area contributed by atoms with Crippen LogP contribution >= 0.6 is 0 Å². The van der Waals surface area contributed by atoms with Gasteiger partial charge in [-0.3, -0.25) is 14.8 Å². The molecule has 0 bridgehead atoms. The van der Waals surface area contributed by atoms with Crippen LogP contribution in [0.5, 0.6) is 0 Å². The molecule has 0 fully saturated rings. The van der Waals surface area contributed by atoms with E-state index in [1.165, 1.54) is 0 Å². The zero-order chi connectivity index (χ0) is 24.2. The monoisotopic (exact) mass is 462 g/mol. The summed E-state index contributed by atoms with van der Waals surface area (Å²) in [6, 6.07) is 17.6. The Kier molecular flexibility index (Phi) is 6.30. The highest BCUT2D eigenvalue weighted by molar-refractivity contribution is 5.96. The summed E-state index contributed by atoms with van der Waals surface area (Å²) in [6.45, 7) is 4.53. The molecule has 1 unspecified atom stereocenters. The van der Waals surface area contributed by atoms with Gasteiger partial charge >= 0.3 is 0 Å². The molecule has 174 valence electrons. The van der Waals surface area contributed by atoms with Crippen molar-refractivity contribution >= 4 is 16.7 Å². The first kappa shape index (κ1) is 22.4. The van der Waals surface area contributed by atoms with Crippen LogP contribution in [0.2, 0.25) is 0 Å². The Balaban J connectivity index is 1.35. The molecule has 3 heterocycles. The molecule has 1 amide bonds. The summed E-state index contributed by atoms with van der Waals surface area (Å²) >= 11 is 0. The van der Waals surface area contributed by atoms with E-state index in [-0.39, 0.29) is 11.9 Å². The SMILES string of the molecule is CCc1cnccc1C(C)NC(=O)c1ccccc1Cn1cc(-c2ccc3cnccc3c2)nn1. The molecular formula is C28H26N6O. The third-order valence-electron chi connectivity index (χ3n) is 6.21. The van der Waals surface area contributed by atoms with Gasteiger partial charge in [0.25, 0.3) is 5.91 Å². The number of amides is 1. The summed E-state index contributed by atoms with van der Waals surface area (Å²) in [7, 11) is 0. The molecule has 0 aliphatic carbocycles. The summed E-state index contributed by atoms with van der Waals surface area (Å²) in [6.07, 6.45) is 10.0. The molecule has 0 spiro atoms. The van der Waals surface area contributed by atoms with Crippen molar-refractivity contribution in [2.75, 3.05) is 0 Å². The summed E-state index contributed by atoms with van der Waals surface area (Å²) < 4.78 is 1.76. The lowest BCUT2D eigenvalue weighted by atomic mass is 10.0. The highest BCUT2D eigenvalue weighted by atomic mass is 16.1. The fourth-order valence-electron chi connectivity index (χ4n) is 4.31. The Morgan fingerprint density at radius 1 is 0.971 bits per heavy atom. The van der Waals surface area contributed by atoms with Crippen molar-refractivity contribution < 1.29 is 4.79 Å². The Bertz CT molecular complexity index is 1490. The average Bonchev–Trinajstić information content (AvgIpc) is 3.37. The second-order valence-electron chi connectivity index (χ2n) is 8.52. The van der Waals surface area contributed by atoms with Gasteiger partial charge in [-0.1, -0.05) is 42.5 Å². The smallest absolute Gasteiger partial charge is 0.252 e. The van der Waals surface area contributed by atoms with Crippen molar-refractivity contribution in [1.29, 1.82) is 0 Å². The predicted molar refractivity (Wildman–Crippen MR) is 136 cm³/mol. The lowest BCUT2D eigenvalue weighted by Gasteiger charge is -2.18. The van der Waals surface area contributed by atoms with Crippen LogP contribution in [0.3, 0.4) is 0 Å². The van der Waals surface area contributed by atoms with Crippen LogP contribution in [-0.4, -0.2) is 30.9 Å². The highest BCUT2D eigenvalue weighted by Crippen LogP contribution is 2.23. The summed E-state index contributed by atoms with van der Waals surface area (Å²) in [5, 5.41) is 14.0. The van der Waals surface area contributed by atoms with Gasteiger partial charge in [-0.05, 0) is 59.7 Å². The van der Waals surface area contributed by atoms with E-state index < -0.39 is 0 Å². The Morgan fingerprint density at radius 3 is 2.69 bits per heavy atom. The van der Waals surface area contributed by atoms with E-state index in [9.17, 15) is 4.79 Å². The Labute approximate surface area is 203 Å². The zero-order valence-corrected chi connectivity index (χ0v) is 19.7. The van der Waals surface area contributed by atoms with Crippen LogP contribution in [0.15, 0.2) is 85.6 Å². The third kappa shape index (κ3) is 4.80. The van der Waals surface area contributed by atoms with Gasteiger partial charge in [0, 0.05) is 41.3 Å². The van der Waals surface area contributed by atoms with Gasteiger partial charge < -0.3 is 5.32 Å². The van der Waals surface area contributed by atoms with Gasteiger partial charge in [-0.2, -0.15) is 0 Å². The number of carbonyl (C=O) groups excluding carboxylic acids is 1. The van der Waals surface area contributed by atoms with Gasteiger partial charge in [-0.15, -0.1) is 5.10 Å². The molecule has 7 heteroatoms. The maximum absolute atomic E-state index is 13.2. The average molecular weight is 463 g/mol. The van der Waals surface area contributed by atoms with E-state index in [0.29, 0.717) is 12.1 Å². The van der Waals surface area contributed by atoms with E-state index in [0.717, 1.165) is 45.1 Å². The second-order valence-corrected chi connectivity index (χ2v) is 8.52. The van der Waals surface area contributed by atoms with E-state index in [4.69, 9.17) is 0 Å². The first-order valence-corrected chi connectivity index (χ1v) is 11.7. The lowest BCUT2D eigenvalue weighted by molar-refractivity contribution is 0.0938. The minimum Gasteiger partial charge on any atom is -0.345 e. The van der Waals surface area contributed by atoms with Crippen LogP contribution in [0, 0.1) is 0 Å². The Morgan fingerprint density at radius 2 is 1.80 bits per heavy atom. The molecule has 35 heavy (non-hydrogen) atoms. The standard InChI is InChI=1S/C28H26N6O/c1-3-20-15-30-13-11-25(20)19(2)31-28(35)26-7-5-4-6-24(26)17-34-18-27(32-33-34)22-8-9-23-16-29-12-10-21(23)14-22/h4-16,18-19H,3,17H2,1-2H3,(H,31,35). The number of aryl methyl sites for hydroxylation is 1. The maximum atomic E-state index is 13.2. The fraction of sp³-hybridized carbons (Fsp3) is 0.179. The van der Waals surface area contributed by atoms with Gasteiger partial charge in [-0.25, -0.2) is 4.68 Å². The van der Waals surface area contributed by atoms with Gasteiger partial charge in [0.05, 0.1) is 18.8 Å². The number of nitrogens with one attached hydrogen (secondary N) is 1. The van der Waals surface area contributed by atoms with Crippen molar-refractivity contribution in [1.82, 2.24) is 30.3 Å². The number of rotatable bonds is 7. The molecule has 5 rings (SSSR count). The van der Waals surface area contributed by atoms with Crippen molar-refractivity contribution in [3.63, 3.8) is 0 Å². The molecule has 0 saturated heterocycles. The van der Waals surface area contributed by atoms with Crippen LogP contribution in [-0.2, 0) is 13.0 Å². The quantitative estimate of drug-likeness (QED) is 0.368. The van der Waals surface area contributed by atoms with Gasteiger partial charge in [0.2, 0.25) is 0 Å². The first-order valence-electron chi connectivity index (χ1n) is 11.7. The number of hydrogen-bond donors (Lipinski definition) is 1. The van der Waals surface area contributed by atoms with E-state index in [1.54, 1.807) is 17.1 Å². The number of hydrogen-bond acceptors (Lipinski definition) is 5. The van der Waals surface area contributed by atoms with Crippen molar-refractivity contribution in [2.24, 2.45) is 0 Å². The molecule has 0 aliphatic rings. The third-order valence-corrected chi connectivity index (χ3v) is 6.21. The van der Waals surface area contributed by atoms with Crippen LogP contribution < -0.4 is 5.32 Å². The van der Waals surface area contributed by atoms with Crippen LogP contribution in [0.25, 0.3) is 22.0 Å². The van der Waals surface area contributed by atoms with E-state index in [2.05, 4.69) is 38.6 Å². The van der Waals surface area contributed by atoms with E-state index in [1.807, 2.05) is 74.0 Å². The normalized spacial score (nSPS) is 11.9. The maximum Gasteiger partial charge on any atom is 0.252 e. The number of pyridine rings is 2. The number of nitrogens with zero attached hydrogens (tertiary/aromatic N) is 5. The number of aromatic nitrogens is 5. The Hall–Kier alpha value is -4.39. The molecule has 0 aliphatic heterocycles. The second kappa shape index (κ2) is 9.85. The minimum absolute atomic E-state index is 0.115. The summed E-state index contributed by atoms with van der Waals surface area (Å²) in [5.74, 6) is -0.115. The molecular weight excluding hydrogens is 436 g/mol. The van der Waals surface area contributed by atoms with Crippen LogP contribution in [0.4, 0.5) is 0 Å². The molecule has 3 aromatic heterocycles. The number of benzene rings is 2. The van der Waals surface area contributed by atoms with Gasteiger partial charge in [0.1, 0.15) is 5.69 Å². The highest BCUT2D eigenvalue weighted by Gasteiger charge is 2.17. The molecule has 7 nitrogen and oxygen atoms in total. The number of carbonyl (C=O) groups is 1. The predicted octanol–water partition coefficient (Wildman–Crippen LogP) is 4.99. The lowest BCUT2D eigenvalue weighted by Crippen LogP contribution is -2.28. The first-order chi connectivity index (χ1) is 17.1. The molecule has 0 saturated carbocycles. The molecule has 5 aromatic rings. The largest absolute Gasteiger partial charge is 0.345 e. The molecule has 1 N–H and O–H groups in total. The van der Waals surface area contributed by atoms with Crippen molar-refractivity contribution in [3.8, 4) is 11.3 Å². The fourth-order valence-corrected chi connectivity index (χ4v) is 4.31. The summed E-state index contributed by atoms with van der Waals surface area (Å²) in [5.41, 5.74) is 5.49. The van der Waals surface area contributed by atoms with Crippen LogP contribution in [0.1, 0.15) is 46.9 Å². The molecule has 2 aromatic carbocycles. The molecule has 1 atom stereocenters. The topological polar surface area (TPSA) is 85.6 Å². The van der Waals surface area contributed by atoms with Crippen molar-refractivity contribution in [3.05, 3.63) is 108 Å². The molecule has 0 radical (unpaired) electrons. The minimum atomic E-state index is -0.130. The van der Waals surface area contributed by atoms with E-state index >= 15 is 0 Å². The summed E-state index contributed by atoms with van der Waals surface area (Å²) in [4.78, 5) is 21.6. The van der Waals surface area contributed by atoms with Crippen molar-refractivity contribution in [2.45, 2.75) is 32.9 Å². The zero-order valence-electron chi connectivity index (χ0n) is 19.7. The number of fused-ring (bicyclic) bond motifs is 1. The van der Waals surface area contributed by atoms with Gasteiger partial charge in [0.15, 0.2) is 0 Å².